The minimum absolute atomic E-state index is 0.618. The van der Waals surface area contributed by atoms with Crippen molar-refractivity contribution in [2.24, 2.45) is 5.92 Å². The summed E-state index contributed by atoms with van der Waals surface area (Å²) in [5.41, 5.74) is 0. The van der Waals surface area contributed by atoms with Crippen LogP contribution in [0.4, 0.5) is 0 Å². The fourth-order valence-electron chi connectivity index (χ4n) is 1.98. The van der Waals surface area contributed by atoms with Gasteiger partial charge in [-0.15, -0.1) is 6.58 Å². The highest BCUT2D eigenvalue weighted by molar-refractivity contribution is 6.60. The molecule has 102 valence electrons. The van der Waals surface area contributed by atoms with Gasteiger partial charge in [0.25, 0.3) is 0 Å². The van der Waals surface area contributed by atoms with Crippen molar-refractivity contribution in [3.05, 3.63) is 12.7 Å². The first-order chi connectivity index (χ1) is 8.17. The van der Waals surface area contributed by atoms with Gasteiger partial charge in [-0.3, -0.25) is 0 Å². The van der Waals surface area contributed by atoms with Gasteiger partial charge in [-0.25, -0.2) is 0 Å². The zero-order valence-electron chi connectivity index (χ0n) is 11.8. The minimum Gasteiger partial charge on any atom is -0.377 e. The maximum atomic E-state index is 5.40. The monoisotopic (exact) mass is 260 g/mol. The highest BCUT2D eigenvalue weighted by Crippen LogP contribution is 2.22. The van der Waals surface area contributed by atoms with Crippen molar-refractivity contribution in [3.8, 4) is 0 Å². The highest BCUT2D eigenvalue weighted by atomic mass is 28.4. The van der Waals surface area contributed by atoms with Crippen LogP contribution in [-0.4, -0.2) is 30.1 Å². The number of rotatable bonds is 11. The summed E-state index contributed by atoms with van der Waals surface area (Å²) >= 11 is 0. The van der Waals surface area contributed by atoms with Crippen LogP contribution in [0.3, 0.4) is 0 Å². The van der Waals surface area contributed by atoms with E-state index < -0.39 is 8.80 Å². The molecule has 0 radical (unpaired) electrons. The van der Waals surface area contributed by atoms with Crippen molar-refractivity contribution in [3.63, 3.8) is 0 Å². The van der Waals surface area contributed by atoms with Gasteiger partial charge in [0.05, 0.1) is 0 Å². The Morgan fingerprint density at radius 1 is 1.06 bits per heavy atom. The molecule has 0 saturated heterocycles. The van der Waals surface area contributed by atoms with E-state index in [1.807, 2.05) is 0 Å². The standard InChI is InChI=1S/C13H28O3Si/c1-6-8-10-13(7-2)11-9-12-17(14-3,15-4)16-5/h7,13H,2,6,8-12H2,1,3-5H3. The van der Waals surface area contributed by atoms with Crippen molar-refractivity contribution in [1.82, 2.24) is 0 Å². The van der Waals surface area contributed by atoms with Gasteiger partial charge in [0.2, 0.25) is 0 Å². The molecule has 0 saturated carbocycles. The van der Waals surface area contributed by atoms with Gasteiger partial charge < -0.3 is 13.3 Å². The molecule has 0 N–H and O–H groups in total. The topological polar surface area (TPSA) is 27.7 Å². The lowest BCUT2D eigenvalue weighted by Crippen LogP contribution is -2.42. The Balaban J connectivity index is 3.96. The summed E-state index contributed by atoms with van der Waals surface area (Å²) in [4.78, 5) is 0. The molecule has 1 unspecified atom stereocenters. The van der Waals surface area contributed by atoms with E-state index in [4.69, 9.17) is 13.3 Å². The third kappa shape index (κ3) is 6.36. The molecule has 1 atom stereocenters. The Kier molecular flexibility index (Phi) is 9.73. The second-order valence-corrected chi connectivity index (χ2v) is 7.42. The van der Waals surface area contributed by atoms with E-state index in [0.717, 1.165) is 18.9 Å². The van der Waals surface area contributed by atoms with Crippen LogP contribution in [0.1, 0.15) is 39.0 Å². The summed E-state index contributed by atoms with van der Waals surface area (Å²) in [6, 6.07) is 0.882. The molecular formula is C13H28O3Si. The summed E-state index contributed by atoms with van der Waals surface area (Å²) < 4.78 is 16.2. The smallest absolute Gasteiger partial charge is 0.377 e. The molecule has 0 aliphatic heterocycles. The molecule has 0 aliphatic carbocycles. The highest BCUT2D eigenvalue weighted by Gasteiger charge is 2.36. The molecule has 3 nitrogen and oxygen atoms in total. The predicted octanol–water partition coefficient (Wildman–Crippen LogP) is 3.64. The van der Waals surface area contributed by atoms with Crippen molar-refractivity contribution in [1.29, 1.82) is 0 Å². The zero-order chi connectivity index (χ0) is 13.1. The van der Waals surface area contributed by atoms with E-state index in [0.29, 0.717) is 5.92 Å². The molecule has 0 bridgehead atoms. The summed E-state index contributed by atoms with van der Waals surface area (Å²) in [6.45, 7) is 6.13. The van der Waals surface area contributed by atoms with E-state index >= 15 is 0 Å². The average Bonchev–Trinajstić information content (AvgIpc) is 2.39. The normalized spacial score (nSPS) is 13.6. The van der Waals surface area contributed by atoms with E-state index in [1.54, 1.807) is 21.3 Å². The van der Waals surface area contributed by atoms with Gasteiger partial charge >= 0.3 is 8.80 Å². The van der Waals surface area contributed by atoms with Gasteiger partial charge in [0.15, 0.2) is 0 Å². The Bertz CT molecular complexity index is 185. The molecule has 0 aromatic rings. The largest absolute Gasteiger partial charge is 0.500 e. The number of hydrogen-bond donors (Lipinski definition) is 0. The van der Waals surface area contributed by atoms with Crippen molar-refractivity contribution in [2.75, 3.05) is 21.3 Å². The van der Waals surface area contributed by atoms with Crippen molar-refractivity contribution < 1.29 is 13.3 Å². The average molecular weight is 260 g/mol. The maximum absolute atomic E-state index is 5.40. The SMILES string of the molecule is C=CC(CCCC)CCC[Si](OC)(OC)OC. The van der Waals surface area contributed by atoms with Gasteiger partial charge in [0.1, 0.15) is 0 Å². The lowest BCUT2D eigenvalue weighted by atomic mass is 9.97. The second-order valence-electron chi connectivity index (χ2n) is 4.33. The summed E-state index contributed by atoms with van der Waals surface area (Å²) in [7, 11) is 2.64. The molecule has 0 aliphatic rings. The third-order valence-corrected chi connectivity index (χ3v) is 6.08. The Morgan fingerprint density at radius 2 is 1.59 bits per heavy atom. The Labute approximate surface area is 108 Å². The summed E-state index contributed by atoms with van der Waals surface area (Å²) in [5.74, 6) is 0.618. The molecule has 0 fully saturated rings. The van der Waals surface area contributed by atoms with Gasteiger partial charge in [0, 0.05) is 27.4 Å². The lowest BCUT2D eigenvalue weighted by Gasteiger charge is -2.24. The van der Waals surface area contributed by atoms with Crippen LogP contribution in [0.25, 0.3) is 0 Å². The first kappa shape index (κ1) is 16.8. The van der Waals surface area contributed by atoms with Gasteiger partial charge in [-0.2, -0.15) is 0 Å². The predicted molar refractivity (Wildman–Crippen MR) is 74.0 cm³/mol. The van der Waals surface area contributed by atoms with Gasteiger partial charge in [-0.05, 0) is 25.2 Å². The van der Waals surface area contributed by atoms with Crippen LogP contribution < -0.4 is 0 Å². The van der Waals surface area contributed by atoms with Crippen LogP contribution in [-0.2, 0) is 13.3 Å². The molecular weight excluding hydrogens is 232 g/mol. The maximum Gasteiger partial charge on any atom is 0.500 e. The van der Waals surface area contributed by atoms with E-state index in [2.05, 4.69) is 19.6 Å². The van der Waals surface area contributed by atoms with Crippen LogP contribution in [0.5, 0.6) is 0 Å². The van der Waals surface area contributed by atoms with Crippen molar-refractivity contribution in [2.45, 2.75) is 45.1 Å². The summed E-state index contributed by atoms with van der Waals surface area (Å²) in [5, 5.41) is 0. The van der Waals surface area contributed by atoms with Crippen molar-refractivity contribution >= 4 is 8.80 Å². The van der Waals surface area contributed by atoms with Crippen LogP contribution in [0.15, 0.2) is 12.7 Å². The lowest BCUT2D eigenvalue weighted by molar-refractivity contribution is 0.122. The van der Waals surface area contributed by atoms with E-state index in [-0.39, 0.29) is 0 Å². The Morgan fingerprint density at radius 3 is 2.00 bits per heavy atom. The van der Waals surface area contributed by atoms with Crippen LogP contribution >= 0.6 is 0 Å². The molecule has 0 amide bonds. The van der Waals surface area contributed by atoms with E-state index in [1.165, 1.54) is 19.3 Å². The molecule has 0 spiro atoms. The molecule has 0 aromatic heterocycles. The first-order valence-corrected chi connectivity index (χ1v) is 8.39. The number of unbranched alkanes of at least 4 members (excludes halogenated alkanes) is 1. The Hall–Kier alpha value is -0.163. The van der Waals surface area contributed by atoms with Gasteiger partial charge in [-0.1, -0.05) is 25.8 Å². The van der Waals surface area contributed by atoms with E-state index in [9.17, 15) is 0 Å². The molecule has 4 heteroatoms. The fraction of sp³-hybridized carbons (Fsp3) is 0.846. The fourth-order valence-corrected chi connectivity index (χ4v) is 3.73. The number of hydrogen-bond acceptors (Lipinski definition) is 3. The van der Waals surface area contributed by atoms with Crippen LogP contribution in [0, 0.1) is 5.92 Å². The zero-order valence-corrected chi connectivity index (χ0v) is 12.8. The van der Waals surface area contributed by atoms with Crippen LogP contribution in [0.2, 0.25) is 6.04 Å². The molecule has 0 aromatic carbocycles. The second kappa shape index (κ2) is 9.83. The quantitative estimate of drug-likeness (QED) is 0.419. The minimum atomic E-state index is -2.36. The molecule has 0 rings (SSSR count). The number of allylic oxidation sites excluding steroid dienone is 1. The molecule has 17 heavy (non-hydrogen) atoms. The molecule has 0 heterocycles. The third-order valence-electron chi connectivity index (χ3n) is 3.25. The summed E-state index contributed by atoms with van der Waals surface area (Å²) in [6.07, 6.45) is 8.05. The first-order valence-electron chi connectivity index (χ1n) is 6.46.